The summed E-state index contributed by atoms with van der Waals surface area (Å²) in [6, 6.07) is 15.4. The fraction of sp³-hybridized carbons (Fsp3) is 0.250. The molecule has 0 aliphatic heterocycles. The number of methoxy groups -OCH3 is 1. The van der Waals surface area contributed by atoms with Crippen LogP contribution in [0.25, 0.3) is 0 Å². The maximum absolute atomic E-state index is 6.06. The molecule has 20 heavy (non-hydrogen) atoms. The van der Waals surface area contributed by atoms with Gasteiger partial charge in [0.05, 0.1) is 11.6 Å². The van der Waals surface area contributed by atoms with Gasteiger partial charge in [-0.05, 0) is 29.8 Å². The Kier molecular flexibility index (Phi) is 5.87. The second-order valence-corrected chi connectivity index (χ2v) is 4.75. The molecule has 3 nitrogen and oxygen atoms in total. The van der Waals surface area contributed by atoms with E-state index in [0.717, 1.165) is 18.8 Å². The fourth-order valence-electron chi connectivity index (χ4n) is 1.74. The zero-order valence-electron chi connectivity index (χ0n) is 11.4. The van der Waals surface area contributed by atoms with Crippen molar-refractivity contribution in [2.24, 2.45) is 0 Å². The normalized spacial score (nSPS) is 10.5. The lowest BCUT2D eigenvalue weighted by atomic mass is 10.2. The van der Waals surface area contributed by atoms with Crippen molar-refractivity contribution in [2.75, 3.05) is 20.3 Å². The average Bonchev–Trinajstić information content (AvgIpc) is 2.48. The van der Waals surface area contributed by atoms with Gasteiger partial charge in [-0.25, -0.2) is 0 Å². The number of hydrogen-bond acceptors (Lipinski definition) is 3. The molecule has 0 atom stereocenters. The Hall–Kier alpha value is -1.55. The van der Waals surface area contributed by atoms with Gasteiger partial charge in [-0.15, -0.1) is 0 Å². The number of para-hydroxylation sites is 1. The van der Waals surface area contributed by atoms with E-state index in [-0.39, 0.29) is 0 Å². The van der Waals surface area contributed by atoms with E-state index in [4.69, 9.17) is 21.1 Å². The molecule has 0 fully saturated rings. The predicted molar refractivity (Wildman–Crippen MR) is 81.6 cm³/mol. The first kappa shape index (κ1) is 14.9. The topological polar surface area (TPSA) is 30.5 Å². The van der Waals surface area contributed by atoms with Gasteiger partial charge in [-0.3, -0.25) is 0 Å². The number of halogens is 1. The van der Waals surface area contributed by atoms with Gasteiger partial charge in [0.2, 0.25) is 0 Å². The molecule has 1 N–H and O–H groups in total. The monoisotopic (exact) mass is 291 g/mol. The van der Waals surface area contributed by atoms with Gasteiger partial charge in [0.1, 0.15) is 11.5 Å². The minimum atomic E-state index is 0.609. The number of rotatable bonds is 7. The van der Waals surface area contributed by atoms with Crippen LogP contribution in [0.1, 0.15) is 5.56 Å². The van der Waals surface area contributed by atoms with Crippen LogP contribution in [0, 0.1) is 0 Å². The standard InChI is InChI=1S/C16H18ClNO2/c1-19-11-10-18-12-13-6-8-14(9-7-13)20-16-5-3-2-4-15(16)17/h2-9,18H,10-12H2,1H3. The van der Waals surface area contributed by atoms with Crippen molar-refractivity contribution in [2.45, 2.75) is 6.54 Å². The van der Waals surface area contributed by atoms with Crippen molar-refractivity contribution in [3.05, 3.63) is 59.1 Å². The van der Waals surface area contributed by atoms with E-state index in [1.54, 1.807) is 7.11 Å². The Labute approximate surface area is 124 Å². The molecule has 0 amide bonds. The molecule has 0 saturated carbocycles. The molecule has 2 rings (SSSR count). The third-order valence-corrected chi connectivity index (χ3v) is 3.11. The number of ether oxygens (including phenoxy) is 2. The first-order chi connectivity index (χ1) is 9.79. The highest BCUT2D eigenvalue weighted by Gasteiger charge is 2.01. The van der Waals surface area contributed by atoms with E-state index in [9.17, 15) is 0 Å². The Bertz CT molecular complexity index is 528. The van der Waals surface area contributed by atoms with E-state index in [0.29, 0.717) is 17.4 Å². The molecule has 0 radical (unpaired) electrons. The molecule has 0 heterocycles. The summed E-state index contributed by atoms with van der Waals surface area (Å²) >= 11 is 6.06. The molecule has 0 bridgehead atoms. The first-order valence-corrected chi connectivity index (χ1v) is 6.88. The number of nitrogens with one attached hydrogen (secondary N) is 1. The van der Waals surface area contributed by atoms with Crippen LogP contribution in [0.5, 0.6) is 11.5 Å². The lowest BCUT2D eigenvalue weighted by Gasteiger charge is -2.08. The summed E-state index contributed by atoms with van der Waals surface area (Å²) in [6.07, 6.45) is 0. The van der Waals surface area contributed by atoms with E-state index in [1.807, 2.05) is 48.5 Å². The zero-order chi connectivity index (χ0) is 14.2. The van der Waals surface area contributed by atoms with Crippen molar-refractivity contribution >= 4 is 11.6 Å². The molecular formula is C16H18ClNO2. The van der Waals surface area contributed by atoms with Gasteiger partial charge in [-0.2, -0.15) is 0 Å². The minimum absolute atomic E-state index is 0.609. The molecular weight excluding hydrogens is 274 g/mol. The third-order valence-electron chi connectivity index (χ3n) is 2.80. The maximum atomic E-state index is 6.06. The summed E-state index contributed by atoms with van der Waals surface area (Å²) in [7, 11) is 1.70. The molecule has 0 saturated heterocycles. The lowest BCUT2D eigenvalue weighted by Crippen LogP contribution is -2.18. The van der Waals surface area contributed by atoms with Gasteiger partial charge in [-0.1, -0.05) is 35.9 Å². The highest BCUT2D eigenvalue weighted by Crippen LogP contribution is 2.28. The largest absolute Gasteiger partial charge is 0.456 e. The smallest absolute Gasteiger partial charge is 0.146 e. The van der Waals surface area contributed by atoms with Crippen LogP contribution < -0.4 is 10.1 Å². The second kappa shape index (κ2) is 7.90. The van der Waals surface area contributed by atoms with Crippen LogP contribution in [-0.4, -0.2) is 20.3 Å². The van der Waals surface area contributed by atoms with E-state index >= 15 is 0 Å². The summed E-state index contributed by atoms with van der Waals surface area (Å²) in [5.74, 6) is 1.44. The summed E-state index contributed by atoms with van der Waals surface area (Å²) in [5, 5.41) is 3.90. The summed E-state index contributed by atoms with van der Waals surface area (Å²) < 4.78 is 10.7. The summed E-state index contributed by atoms with van der Waals surface area (Å²) in [4.78, 5) is 0. The number of hydrogen-bond donors (Lipinski definition) is 1. The van der Waals surface area contributed by atoms with E-state index < -0.39 is 0 Å². The highest BCUT2D eigenvalue weighted by atomic mass is 35.5. The van der Waals surface area contributed by atoms with Crippen LogP contribution >= 0.6 is 11.6 Å². The SMILES string of the molecule is COCCNCc1ccc(Oc2ccccc2Cl)cc1. The Balaban J connectivity index is 1.90. The molecule has 4 heteroatoms. The summed E-state index contributed by atoms with van der Waals surface area (Å²) in [6.45, 7) is 2.37. The van der Waals surface area contributed by atoms with Crippen molar-refractivity contribution in [1.29, 1.82) is 0 Å². The maximum Gasteiger partial charge on any atom is 0.146 e. The van der Waals surface area contributed by atoms with Gasteiger partial charge in [0.25, 0.3) is 0 Å². The lowest BCUT2D eigenvalue weighted by molar-refractivity contribution is 0.199. The van der Waals surface area contributed by atoms with Crippen LogP contribution in [-0.2, 0) is 11.3 Å². The molecule has 0 spiro atoms. The molecule has 0 aromatic heterocycles. The molecule has 0 aliphatic carbocycles. The minimum Gasteiger partial charge on any atom is -0.456 e. The second-order valence-electron chi connectivity index (χ2n) is 4.35. The Morgan fingerprint density at radius 1 is 1.05 bits per heavy atom. The Morgan fingerprint density at radius 3 is 2.50 bits per heavy atom. The molecule has 0 unspecified atom stereocenters. The molecule has 2 aromatic carbocycles. The molecule has 2 aromatic rings. The van der Waals surface area contributed by atoms with Gasteiger partial charge in [0, 0.05) is 20.2 Å². The highest BCUT2D eigenvalue weighted by molar-refractivity contribution is 6.32. The number of benzene rings is 2. The summed E-state index contributed by atoms with van der Waals surface area (Å²) in [5.41, 5.74) is 1.20. The third kappa shape index (κ3) is 4.53. The van der Waals surface area contributed by atoms with Crippen LogP contribution in [0.2, 0.25) is 5.02 Å². The molecule has 0 aliphatic rings. The quantitative estimate of drug-likeness (QED) is 0.786. The first-order valence-electron chi connectivity index (χ1n) is 6.50. The van der Waals surface area contributed by atoms with Gasteiger partial charge in [0.15, 0.2) is 0 Å². The van der Waals surface area contributed by atoms with Crippen LogP contribution in [0.4, 0.5) is 0 Å². The van der Waals surface area contributed by atoms with Crippen molar-refractivity contribution in [3.63, 3.8) is 0 Å². The van der Waals surface area contributed by atoms with Crippen molar-refractivity contribution < 1.29 is 9.47 Å². The van der Waals surface area contributed by atoms with Crippen molar-refractivity contribution in [3.8, 4) is 11.5 Å². The van der Waals surface area contributed by atoms with Gasteiger partial charge < -0.3 is 14.8 Å². The van der Waals surface area contributed by atoms with Crippen LogP contribution in [0.15, 0.2) is 48.5 Å². The Morgan fingerprint density at radius 2 is 1.80 bits per heavy atom. The fourth-order valence-corrected chi connectivity index (χ4v) is 1.91. The van der Waals surface area contributed by atoms with E-state index in [1.165, 1.54) is 5.56 Å². The molecule has 106 valence electrons. The van der Waals surface area contributed by atoms with Crippen molar-refractivity contribution in [1.82, 2.24) is 5.32 Å². The zero-order valence-corrected chi connectivity index (χ0v) is 12.2. The van der Waals surface area contributed by atoms with E-state index in [2.05, 4.69) is 5.32 Å². The van der Waals surface area contributed by atoms with Crippen LogP contribution in [0.3, 0.4) is 0 Å². The average molecular weight is 292 g/mol. The predicted octanol–water partition coefficient (Wildman–Crippen LogP) is 3.87. The van der Waals surface area contributed by atoms with Gasteiger partial charge >= 0.3 is 0 Å².